The summed E-state index contributed by atoms with van der Waals surface area (Å²) < 4.78 is 19.2. The van der Waals surface area contributed by atoms with Crippen molar-refractivity contribution in [3.63, 3.8) is 0 Å². The monoisotopic (exact) mass is 347 g/mol. The Morgan fingerprint density at radius 3 is 2.80 bits per heavy atom. The number of hydrogen-bond acceptors (Lipinski definition) is 5. The van der Waals surface area contributed by atoms with E-state index in [1.54, 1.807) is 0 Å². The number of halogens is 1. The first kappa shape index (κ1) is 17.8. The fourth-order valence-corrected chi connectivity index (χ4v) is 3.50. The van der Waals surface area contributed by atoms with Crippen molar-refractivity contribution in [2.75, 3.05) is 45.9 Å². The molecule has 1 aromatic rings. The van der Waals surface area contributed by atoms with Gasteiger partial charge in [-0.15, -0.1) is 0 Å². The average molecular weight is 347 g/mol. The van der Waals surface area contributed by atoms with Crippen LogP contribution in [0, 0.1) is 17.1 Å². The van der Waals surface area contributed by atoms with Crippen LogP contribution in [0.15, 0.2) is 18.2 Å². The molecule has 2 heterocycles. The molecule has 2 aliphatic rings. The molecule has 0 aromatic heterocycles. The molecular formula is C18H22FN3O3. The van der Waals surface area contributed by atoms with Gasteiger partial charge in [0.25, 0.3) is 5.91 Å². The topological polar surface area (TPSA) is 76.8 Å². The second-order valence-corrected chi connectivity index (χ2v) is 6.83. The molecule has 1 atom stereocenters. The second-order valence-electron chi connectivity index (χ2n) is 6.83. The largest absolute Gasteiger partial charge is 0.384 e. The third-order valence-corrected chi connectivity index (χ3v) is 4.64. The summed E-state index contributed by atoms with van der Waals surface area (Å²) >= 11 is 0. The van der Waals surface area contributed by atoms with Gasteiger partial charge in [-0.05, 0) is 44.1 Å². The van der Waals surface area contributed by atoms with E-state index in [0.717, 1.165) is 38.1 Å². The van der Waals surface area contributed by atoms with Crippen LogP contribution < -0.4 is 0 Å². The molecule has 0 unspecified atom stereocenters. The molecule has 2 saturated heterocycles. The Labute approximate surface area is 146 Å². The van der Waals surface area contributed by atoms with E-state index < -0.39 is 17.3 Å². The van der Waals surface area contributed by atoms with E-state index in [2.05, 4.69) is 4.90 Å². The van der Waals surface area contributed by atoms with Gasteiger partial charge in [-0.1, -0.05) is 0 Å². The molecule has 0 aliphatic carbocycles. The Bertz CT molecular complexity index is 685. The van der Waals surface area contributed by atoms with Crippen molar-refractivity contribution >= 4 is 5.91 Å². The molecule has 2 aliphatic heterocycles. The van der Waals surface area contributed by atoms with Crippen LogP contribution in [-0.2, 0) is 4.74 Å². The minimum atomic E-state index is -1.15. The Hall–Kier alpha value is -2.01. The van der Waals surface area contributed by atoms with Crippen LogP contribution in [0.25, 0.3) is 0 Å². The predicted molar refractivity (Wildman–Crippen MR) is 88.5 cm³/mol. The highest BCUT2D eigenvalue weighted by Gasteiger charge is 2.37. The quantitative estimate of drug-likeness (QED) is 0.883. The van der Waals surface area contributed by atoms with Crippen molar-refractivity contribution in [2.24, 2.45) is 0 Å². The first-order valence-electron chi connectivity index (χ1n) is 8.52. The molecular weight excluding hydrogens is 325 g/mol. The van der Waals surface area contributed by atoms with Crippen molar-refractivity contribution in [1.82, 2.24) is 9.80 Å². The standard InChI is InChI=1S/C18H22FN3O3/c19-16-8-14(10-20)7-15(9-16)17(23)22-5-6-25-13-18(24,12-22)11-21-3-1-2-4-21/h7-9,24H,1-6,11-13H2/t18-/m0/s1. The average Bonchev–Trinajstić information content (AvgIpc) is 3.01. The number of nitriles is 1. The third-order valence-electron chi connectivity index (χ3n) is 4.64. The van der Waals surface area contributed by atoms with Crippen LogP contribution in [0.5, 0.6) is 0 Å². The SMILES string of the molecule is N#Cc1cc(F)cc(C(=O)N2CCOC[C@](O)(CN3CCCC3)C2)c1. The van der Waals surface area contributed by atoms with Crippen LogP contribution in [0.4, 0.5) is 4.39 Å². The van der Waals surface area contributed by atoms with E-state index in [-0.39, 0.29) is 24.3 Å². The Morgan fingerprint density at radius 2 is 2.08 bits per heavy atom. The van der Waals surface area contributed by atoms with Crippen LogP contribution in [0.1, 0.15) is 28.8 Å². The molecule has 0 spiro atoms. The number of carbonyl (C=O) groups is 1. The molecule has 1 aromatic carbocycles. The maximum atomic E-state index is 13.6. The molecule has 6 nitrogen and oxygen atoms in total. The van der Waals surface area contributed by atoms with Crippen molar-refractivity contribution < 1.29 is 19.0 Å². The number of aliphatic hydroxyl groups is 1. The van der Waals surface area contributed by atoms with Gasteiger partial charge < -0.3 is 19.6 Å². The van der Waals surface area contributed by atoms with E-state index in [0.29, 0.717) is 19.7 Å². The zero-order valence-electron chi connectivity index (χ0n) is 14.1. The lowest BCUT2D eigenvalue weighted by Crippen LogP contribution is -2.53. The van der Waals surface area contributed by atoms with E-state index in [4.69, 9.17) is 10.00 Å². The van der Waals surface area contributed by atoms with Gasteiger partial charge in [0.2, 0.25) is 0 Å². The first-order chi connectivity index (χ1) is 12.0. The van der Waals surface area contributed by atoms with E-state index >= 15 is 0 Å². The number of hydrogen-bond donors (Lipinski definition) is 1. The Balaban J connectivity index is 1.77. The van der Waals surface area contributed by atoms with Gasteiger partial charge in [0.15, 0.2) is 0 Å². The third kappa shape index (κ3) is 4.34. The van der Waals surface area contributed by atoms with Gasteiger partial charge in [0.1, 0.15) is 11.4 Å². The molecule has 1 N–H and O–H groups in total. The maximum absolute atomic E-state index is 13.6. The van der Waals surface area contributed by atoms with Gasteiger partial charge in [0.05, 0.1) is 31.4 Å². The van der Waals surface area contributed by atoms with Crippen molar-refractivity contribution in [3.8, 4) is 6.07 Å². The molecule has 2 fully saturated rings. The highest BCUT2D eigenvalue weighted by atomic mass is 19.1. The van der Waals surface area contributed by atoms with Gasteiger partial charge in [-0.2, -0.15) is 5.26 Å². The number of carbonyl (C=O) groups excluding carboxylic acids is 1. The molecule has 1 amide bonds. The summed E-state index contributed by atoms with van der Waals surface area (Å²) in [6.45, 7) is 3.25. The molecule has 3 rings (SSSR count). The fourth-order valence-electron chi connectivity index (χ4n) is 3.50. The molecule has 0 saturated carbocycles. The lowest BCUT2D eigenvalue weighted by Gasteiger charge is -2.34. The van der Waals surface area contributed by atoms with Gasteiger partial charge in [-0.25, -0.2) is 4.39 Å². The summed E-state index contributed by atoms with van der Waals surface area (Å²) in [6.07, 6.45) is 2.22. The van der Waals surface area contributed by atoms with E-state index in [1.807, 2.05) is 6.07 Å². The highest BCUT2D eigenvalue weighted by molar-refractivity contribution is 5.94. The van der Waals surface area contributed by atoms with Crippen LogP contribution >= 0.6 is 0 Å². The number of likely N-dealkylation sites (tertiary alicyclic amines) is 1. The minimum absolute atomic E-state index is 0.0988. The lowest BCUT2D eigenvalue weighted by atomic mass is 10.0. The molecule has 25 heavy (non-hydrogen) atoms. The van der Waals surface area contributed by atoms with Crippen molar-refractivity contribution in [2.45, 2.75) is 18.4 Å². The first-order valence-corrected chi connectivity index (χ1v) is 8.52. The summed E-state index contributed by atoms with van der Waals surface area (Å²) in [4.78, 5) is 16.4. The second kappa shape index (κ2) is 7.48. The molecule has 0 radical (unpaired) electrons. The van der Waals surface area contributed by atoms with Gasteiger partial charge in [0, 0.05) is 18.7 Å². The number of ether oxygens (including phenoxy) is 1. The lowest BCUT2D eigenvalue weighted by molar-refractivity contribution is -0.0524. The summed E-state index contributed by atoms with van der Waals surface area (Å²) in [6, 6.07) is 5.43. The number of nitrogens with zero attached hydrogens (tertiary/aromatic N) is 3. The molecule has 0 bridgehead atoms. The molecule has 134 valence electrons. The normalized spacial score (nSPS) is 24.8. The van der Waals surface area contributed by atoms with Gasteiger partial charge >= 0.3 is 0 Å². The van der Waals surface area contributed by atoms with E-state index in [1.165, 1.54) is 11.0 Å². The van der Waals surface area contributed by atoms with E-state index in [9.17, 15) is 14.3 Å². The predicted octanol–water partition coefficient (Wildman–Crippen LogP) is 0.997. The summed E-state index contributed by atoms with van der Waals surface area (Å²) in [7, 11) is 0. The van der Waals surface area contributed by atoms with Gasteiger partial charge in [-0.3, -0.25) is 4.79 Å². The highest BCUT2D eigenvalue weighted by Crippen LogP contribution is 2.20. The smallest absolute Gasteiger partial charge is 0.254 e. The number of amides is 1. The summed E-state index contributed by atoms with van der Waals surface area (Å²) in [5, 5.41) is 19.9. The van der Waals surface area contributed by atoms with Crippen molar-refractivity contribution in [3.05, 3.63) is 35.1 Å². The van der Waals surface area contributed by atoms with Crippen LogP contribution in [0.3, 0.4) is 0 Å². The zero-order chi connectivity index (χ0) is 17.9. The minimum Gasteiger partial charge on any atom is -0.384 e. The summed E-state index contributed by atoms with van der Waals surface area (Å²) in [5.74, 6) is -1.03. The van der Waals surface area contributed by atoms with Crippen LogP contribution in [-0.4, -0.2) is 72.4 Å². The number of benzene rings is 1. The number of β-amino-alcohol motifs (C(OH)–C–C–N with tert-alkyl or cyclic N) is 1. The maximum Gasteiger partial charge on any atom is 0.254 e. The van der Waals surface area contributed by atoms with Crippen molar-refractivity contribution in [1.29, 1.82) is 5.26 Å². The fraction of sp³-hybridized carbons (Fsp3) is 0.556. The Morgan fingerprint density at radius 1 is 1.32 bits per heavy atom. The summed E-state index contributed by atoms with van der Waals surface area (Å²) in [5.41, 5.74) is -0.939. The zero-order valence-corrected chi connectivity index (χ0v) is 14.1. The van der Waals surface area contributed by atoms with Crippen LogP contribution in [0.2, 0.25) is 0 Å². The number of rotatable bonds is 3. The Kier molecular flexibility index (Phi) is 5.33. The molecule has 7 heteroatoms.